The van der Waals surface area contributed by atoms with Gasteiger partial charge in [0.1, 0.15) is 0 Å². The Morgan fingerprint density at radius 2 is 1.58 bits per heavy atom. The predicted octanol–water partition coefficient (Wildman–Crippen LogP) is 2.10. The van der Waals surface area contributed by atoms with E-state index < -0.39 is 10.0 Å². The first-order valence-corrected chi connectivity index (χ1v) is 11.2. The van der Waals surface area contributed by atoms with E-state index in [2.05, 4.69) is 15.4 Å². The third-order valence-electron chi connectivity index (χ3n) is 4.66. The molecule has 31 heavy (non-hydrogen) atoms. The molecule has 3 amide bonds. The topological polar surface area (TPSA) is 125 Å². The van der Waals surface area contributed by atoms with E-state index in [0.717, 1.165) is 5.56 Å². The minimum absolute atomic E-state index is 0.0822. The molecule has 0 aromatic heterocycles. The Labute approximate surface area is 180 Å². The van der Waals surface area contributed by atoms with Crippen LogP contribution in [0.15, 0.2) is 41.3 Å². The lowest BCUT2D eigenvalue weighted by atomic mass is 10.1. The number of fused-ring (bicyclic) bond motifs is 1. The Morgan fingerprint density at radius 3 is 2.13 bits per heavy atom. The number of hydrogen-bond donors (Lipinski definition) is 3. The average molecular weight is 445 g/mol. The van der Waals surface area contributed by atoms with Gasteiger partial charge < -0.3 is 15.5 Å². The number of sulfonamides is 1. The van der Waals surface area contributed by atoms with Gasteiger partial charge >= 0.3 is 0 Å². The zero-order valence-corrected chi connectivity index (χ0v) is 18.3. The van der Waals surface area contributed by atoms with Crippen molar-refractivity contribution in [1.82, 2.24) is 4.72 Å². The minimum Gasteiger partial charge on any atom is -0.326 e. The van der Waals surface area contributed by atoms with Crippen molar-refractivity contribution in [3.05, 3.63) is 47.5 Å². The van der Waals surface area contributed by atoms with Crippen LogP contribution in [0.1, 0.15) is 36.7 Å². The van der Waals surface area contributed by atoms with Crippen LogP contribution in [-0.4, -0.2) is 39.2 Å². The number of carbonyl (C=O) groups excluding carboxylic acids is 3. The Morgan fingerprint density at radius 1 is 0.968 bits per heavy atom. The first-order chi connectivity index (χ1) is 14.6. The predicted molar refractivity (Wildman–Crippen MR) is 118 cm³/mol. The van der Waals surface area contributed by atoms with Gasteiger partial charge in [-0.15, -0.1) is 0 Å². The molecule has 0 atom stereocenters. The van der Waals surface area contributed by atoms with Crippen molar-refractivity contribution in [3.63, 3.8) is 0 Å². The van der Waals surface area contributed by atoms with Crippen LogP contribution in [0.5, 0.6) is 0 Å². The maximum absolute atomic E-state index is 13.3. The fourth-order valence-corrected chi connectivity index (χ4v) is 4.53. The molecular weight excluding hydrogens is 420 g/mol. The molecule has 9 nitrogen and oxygen atoms in total. The number of nitrogens with one attached hydrogen (secondary N) is 3. The zero-order chi connectivity index (χ0) is 22.8. The van der Waals surface area contributed by atoms with Crippen molar-refractivity contribution in [2.24, 2.45) is 0 Å². The lowest BCUT2D eigenvalue weighted by Gasteiger charge is -2.19. The Kier molecular flexibility index (Phi) is 6.42. The van der Waals surface area contributed by atoms with Crippen LogP contribution in [-0.2, 0) is 26.0 Å². The fourth-order valence-electron chi connectivity index (χ4n) is 3.47. The van der Waals surface area contributed by atoms with Crippen LogP contribution in [0.4, 0.5) is 17.1 Å². The number of amides is 3. The van der Waals surface area contributed by atoms with Gasteiger partial charge in [-0.25, -0.2) is 13.1 Å². The lowest BCUT2D eigenvalue weighted by molar-refractivity contribution is -0.115. The lowest BCUT2D eigenvalue weighted by Crippen LogP contribution is -2.29. The van der Waals surface area contributed by atoms with Crippen LogP contribution < -0.4 is 20.3 Å². The molecule has 1 aliphatic heterocycles. The van der Waals surface area contributed by atoms with Crippen molar-refractivity contribution in [1.29, 1.82) is 0 Å². The molecule has 0 unspecified atom stereocenters. The van der Waals surface area contributed by atoms with Gasteiger partial charge in [0, 0.05) is 49.6 Å². The fraction of sp³-hybridized carbons (Fsp3) is 0.286. The van der Waals surface area contributed by atoms with Crippen LogP contribution in [0, 0.1) is 0 Å². The summed E-state index contributed by atoms with van der Waals surface area (Å²) < 4.78 is 27.2. The molecule has 10 heteroatoms. The summed E-state index contributed by atoms with van der Waals surface area (Å²) in [6.45, 7) is 5.02. The molecule has 1 heterocycles. The van der Waals surface area contributed by atoms with Crippen LogP contribution in [0.2, 0.25) is 0 Å². The monoisotopic (exact) mass is 444 g/mol. The van der Waals surface area contributed by atoms with E-state index in [0.29, 0.717) is 30.0 Å². The number of nitrogens with zero attached hydrogens (tertiary/aromatic N) is 1. The highest BCUT2D eigenvalue weighted by Crippen LogP contribution is 2.32. The van der Waals surface area contributed by atoms with E-state index in [4.69, 9.17) is 0 Å². The van der Waals surface area contributed by atoms with Gasteiger partial charge in [-0.1, -0.05) is 13.0 Å². The van der Waals surface area contributed by atoms with Crippen LogP contribution >= 0.6 is 0 Å². The number of benzene rings is 2. The highest BCUT2D eigenvalue weighted by atomic mass is 32.2. The Bertz CT molecular complexity index is 1130. The number of anilines is 3. The van der Waals surface area contributed by atoms with E-state index >= 15 is 0 Å². The quantitative estimate of drug-likeness (QED) is 0.629. The van der Waals surface area contributed by atoms with Crippen molar-refractivity contribution < 1.29 is 22.8 Å². The van der Waals surface area contributed by atoms with Crippen molar-refractivity contribution in [2.45, 2.75) is 32.1 Å². The molecule has 0 radical (unpaired) electrons. The van der Waals surface area contributed by atoms with Gasteiger partial charge in [0.05, 0.1) is 4.90 Å². The number of hydrogen-bond acceptors (Lipinski definition) is 5. The Hall–Kier alpha value is -3.24. The van der Waals surface area contributed by atoms with E-state index in [9.17, 15) is 22.8 Å². The van der Waals surface area contributed by atoms with Gasteiger partial charge in [-0.2, -0.15) is 0 Å². The molecule has 0 fully saturated rings. The summed E-state index contributed by atoms with van der Waals surface area (Å²) in [5.74, 6) is -0.998. The molecule has 164 valence electrons. The molecule has 3 rings (SSSR count). The number of carbonyl (C=O) groups is 3. The average Bonchev–Trinajstić information content (AvgIpc) is 3.09. The third kappa shape index (κ3) is 5.09. The first kappa shape index (κ1) is 22.4. The SMILES string of the molecule is CCNS(=O)(=O)c1ccc2c(c1)N(C(=O)c1cc(NC(C)=O)cc(NC(C)=O)c1)CC2. The van der Waals surface area contributed by atoms with Crippen molar-refractivity contribution in [2.75, 3.05) is 28.6 Å². The van der Waals surface area contributed by atoms with Gasteiger partial charge in [-0.05, 0) is 42.3 Å². The molecule has 0 aliphatic carbocycles. The van der Waals surface area contributed by atoms with Crippen molar-refractivity contribution in [3.8, 4) is 0 Å². The normalized spacial score (nSPS) is 12.9. The van der Waals surface area contributed by atoms with Gasteiger partial charge in [0.2, 0.25) is 21.8 Å². The molecule has 0 saturated heterocycles. The summed E-state index contributed by atoms with van der Waals surface area (Å²) in [4.78, 5) is 37.8. The van der Waals surface area contributed by atoms with Gasteiger partial charge in [0.25, 0.3) is 5.91 Å². The third-order valence-corrected chi connectivity index (χ3v) is 6.21. The molecular formula is C21H24N4O5S. The summed E-state index contributed by atoms with van der Waals surface area (Å²) in [6, 6.07) is 9.32. The summed E-state index contributed by atoms with van der Waals surface area (Å²) in [5, 5.41) is 5.24. The maximum Gasteiger partial charge on any atom is 0.258 e. The summed E-state index contributed by atoms with van der Waals surface area (Å²) >= 11 is 0. The minimum atomic E-state index is -3.67. The second-order valence-corrected chi connectivity index (χ2v) is 8.93. The molecule has 0 saturated carbocycles. The standard InChI is InChI=1S/C21H24N4O5S/c1-4-22-31(29,30)19-6-5-15-7-8-25(20(15)12-19)21(28)16-9-17(23-13(2)26)11-18(10-16)24-14(3)27/h5-6,9-12,22H,4,7-8H2,1-3H3,(H,23,26)(H,24,27). The van der Waals surface area contributed by atoms with Crippen molar-refractivity contribution >= 4 is 44.8 Å². The number of rotatable bonds is 6. The van der Waals surface area contributed by atoms with E-state index in [1.807, 2.05) is 0 Å². The highest BCUT2D eigenvalue weighted by Gasteiger charge is 2.28. The maximum atomic E-state index is 13.3. The van der Waals surface area contributed by atoms with E-state index in [1.165, 1.54) is 43.0 Å². The van der Waals surface area contributed by atoms with E-state index in [-0.39, 0.29) is 34.7 Å². The second kappa shape index (κ2) is 8.86. The largest absolute Gasteiger partial charge is 0.326 e. The first-order valence-electron chi connectivity index (χ1n) is 9.75. The van der Waals surface area contributed by atoms with Gasteiger partial charge in [-0.3, -0.25) is 14.4 Å². The Balaban J connectivity index is 1.99. The zero-order valence-electron chi connectivity index (χ0n) is 17.5. The molecule has 3 N–H and O–H groups in total. The van der Waals surface area contributed by atoms with Crippen LogP contribution in [0.25, 0.3) is 0 Å². The molecule has 0 spiro atoms. The highest BCUT2D eigenvalue weighted by molar-refractivity contribution is 7.89. The molecule has 2 aromatic rings. The second-order valence-electron chi connectivity index (χ2n) is 7.16. The summed E-state index contributed by atoms with van der Waals surface area (Å²) in [6.07, 6.45) is 0.590. The molecule has 1 aliphatic rings. The summed E-state index contributed by atoms with van der Waals surface area (Å²) in [7, 11) is -3.67. The van der Waals surface area contributed by atoms with E-state index in [1.54, 1.807) is 19.1 Å². The molecule has 2 aromatic carbocycles. The summed E-state index contributed by atoms with van der Waals surface area (Å²) in [5.41, 5.74) is 2.37. The smallest absolute Gasteiger partial charge is 0.258 e. The van der Waals surface area contributed by atoms with Crippen LogP contribution in [0.3, 0.4) is 0 Å². The molecule has 0 bridgehead atoms. The van der Waals surface area contributed by atoms with Gasteiger partial charge in [0.15, 0.2) is 0 Å².